The lowest BCUT2D eigenvalue weighted by atomic mass is 10.1. The van der Waals surface area contributed by atoms with Crippen molar-refractivity contribution in [2.24, 2.45) is 7.05 Å². The fourth-order valence-electron chi connectivity index (χ4n) is 1.58. The maximum Gasteiger partial charge on any atom is 0.277 e. The molecule has 0 aliphatic carbocycles. The second-order valence-corrected chi connectivity index (χ2v) is 6.23. The van der Waals surface area contributed by atoms with E-state index >= 15 is 0 Å². The molecule has 1 N–H and O–H groups in total. The fraction of sp³-hybridized carbons (Fsp3) is 0.500. The van der Waals surface area contributed by atoms with Gasteiger partial charge in [0.15, 0.2) is 5.82 Å². The summed E-state index contributed by atoms with van der Waals surface area (Å²) in [6, 6.07) is 2.00. The van der Waals surface area contributed by atoms with Crippen LogP contribution in [0.25, 0.3) is 0 Å². The molecule has 0 spiro atoms. The highest BCUT2D eigenvalue weighted by molar-refractivity contribution is 6.76. The summed E-state index contributed by atoms with van der Waals surface area (Å²) < 4.78 is -0.570. The number of nitrogens with one attached hydrogen (secondary N) is 1. The van der Waals surface area contributed by atoms with Crippen LogP contribution in [0.4, 0.5) is 5.82 Å². The largest absolute Gasteiger partial charge is 0.304 e. The fourth-order valence-corrected chi connectivity index (χ4v) is 1.72. The topological polar surface area (TPSA) is 70.7 Å². The lowest BCUT2D eigenvalue weighted by Gasteiger charge is -2.09. The van der Waals surface area contributed by atoms with Gasteiger partial charge in [0, 0.05) is 7.05 Å². The Morgan fingerprint density at radius 2 is 2.06 bits per heavy atom. The van der Waals surface area contributed by atoms with Gasteiger partial charge in [-0.25, -0.2) is 0 Å². The normalized spacial score (nSPS) is 11.4. The third kappa shape index (κ3) is 3.08. The van der Waals surface area contributed by atoms with Crippen molar-refractivity contribution in [1.82, 2.24) is 9.78 Å². The van der Waals surface area contributed by atoms with Crippen molar-refractivity contribution in [1.29, 1.82) is 5.26 Å². The van der Waals surface area contributed by atoms with Crippen LogP contribution < -0.4 is 5.32 Å². The van der Waals surface area contributed by atoms with Crippen LogP contribution in [0.1, 0.15) is 31.0 Å². The maximum absolute atomic E-state index is 11.5. The van der Waals surface area contributed by atoms with Gasteiger partial charge in [0.1, 0.15) is 11.6 Å². The monoisotopic (exact) mass is 308 g/mol. The molecule has 0 atom stereocenters. The number of amides is 1. The molecule has 0 fully saturated rings. The Kier molecular flexibility index (Phi) is 4.49. The van der Waals surface area contributed by atoms with Crippen LogP contribution >= 0.6 is 34.8 Å². The Hall–Kier alpha value is -0.960. The van der Waals surface area contributed by atoms with E-state index in [2.05, 4.69) is 10.4 Å². The summed E-state index contributed by atoms with van der Waals surface area (Å²) in [5, 5.41) is 15.5. The average Bonchev–Trinajstić information content (AvgIpc) is 2.52. The number of hydrogen-bond acceptors (Lipinski definition) is 3. The van der Waals surface area contributed by atoms with Crippen LogP contribution in [-0.4, -0.2) is 19.5 Å². The van der Waals surface area contributed by atoms with E-state index in [1.54, 1.807) is 7.05 Å². The molecule has 5 nitrogen and oxygen atoms in total. The van der Waals surface area contributed by atoms with E-state index in [0.717, 1.165) is 0 Å². The average molecular weight is 310 g/mol. The van der Waals surface area contributed by atoms with Gasteiger partial charge >= 0.3 is 0 Å². The number of nitriles is 1. The zero-order valence-corrected chi connectivity index (χ0v) is 12.2. The lowest BCUT2D eigenvalue weighted by molar-refractivity contribution is -0.115. The van der Waals surface area contributed by atoms with E-state index in [-0.39, 0.29) is 17.3 Å². The number of hydrogen-bond donors (Lipinski definition) is 1. The van der Waals surface area contributed by atoms with E-state index in [0.29, 0.717) is 5.69 Å². The van der Waals surface area contributed by atoms with Crippen LogP contribution in [0.3, 0.4) is 0 Å². The predicted octanol–water partition coefficient (Wildman–Crippen LogP) is 2.72. The quantitative estimate of drug-likeness (QED) is 0.854. The summed E-state index contributed by atoms with van der Waals surface area (Å²) >= 11 is 16.3. The van der Waals surface area contributed by atoms with Crippen LogP contribution in [0.5, 0.6) is 0 Å². The Morgan fingerprint density at radius 3 is 2.44 bits per heavy atom. The Labute approximate surface area is 120 Å². The van der Waals surface area contributed by atoms with Gasteiger partial charge < -0.3 is 5.32 Å². The van der Waals surface area contributed by atoms with Crippen molar-refractivity contribution in [3.63, 3.8) is 0 Å². The van der Waals surface area contributed by atoms with Crippen molar-refractivity contribution >= 4 is 46.5 Å². The minimum atomic E-state index is -2.09. The van der Waals surface area contributed by atoms with Gasteiger partial charge in [0.05, 0.1) is 5.69 Å². The number of nitrogens with zero attached hydrogens (tertiary/aromatic N) is 3. The molecule has 0 radical (unpaired) electrons. The molecule has 0 aromatic carbocycles. The molecular weight excluding hydrogens is 298 g/mol. The third-order valence-electron chi connectivity index (χ3n) is 2.24. The molecule has 18 heavy (non-hydrogen) atoms. The summed E-state index contributed by atoms with van der Waals surface area (Å²) in [6.45, 7) is 3.83. The van der Waals surface area contributed by atoms with Gasteiger partial charge in [-0.05, 0) is 5.92 Å². The maximum atomic E-state index is 11.5. The van der Waals surface area contributed by atoms with Gasteiger partial charge in [-0.15, -0.1) is 0 Å². The van der Waals surface area contributed by atoms with Crippen molar-refractivity contribution in [3.8, 4) is 6.07 Å². The first-order chi connectivity index (χ1) is 8.18. The molecule has 0 saturated heterocycles. The number of halogens is 3. The second-order valence-electron chi connectivity index (χ2n) is 3.95. The number of aryl methyl sites for hydroxylation is 1. The first-order valence-electron chi connectivity index (χ1n) is 5.03. The minimum Gasteiger partial charge on any atom is -0.304 e. The summed E-state index contributed by atoms with van der Waals surface area (Å²) in [5.41, 5.74) is 0.979. The van der Waals surface area contributed by atoms with Crippen molar-refractivity contribution in [3.05, 3.63) is 11.3 Å². The van der Waals surface area contributed by atoms with E-state index in [1.807, 2.05) is 19.9 Å². The number of rotatable bonds is 2. The molecule has 0 aliphatic rings. The smallest absolute Gasteiger partial charge is 0.277 e. The van der Waals surface area contributed by atoms with Crippen LogP contribution in [0.2, 0.25) is 0 Å². The molecule has 1 aromatic rings. The second kappa shape index (κ2) is 5.35. The van der Waals surface area contributed by atoms with Crippen molar-refractivity contribution < 1.29 is 4.79 Å². The SMILES string of the molecule is CC(C)c1c(C#N)c(NC(=O)C(Cl)(Cl)Cl)nn1C. The summed E-state index contributed by atoms with van der Waals surface area (Å²) in [7, 11) is 1.68. The molecule has 0 unspecified atom stereocenters. The summed E-state index contributed by atoms with van der Waals surface area (Å²) in [6.07, 6.45) is 0. The number of carbonyl (C=O) groups excluding carboxylic acids is 1. The molecule has 98 valence electrons. The molecule has 1 heterocycles. The van der Waals surface area contributed by atoms with Gasteiger partial charge in [0.25, 0.3) is 9.70 Å². The summed E-state index contributed by atoms with van der Waals surface area (Å²) in [5.74, 6) is -0.673. The Bertz CT molecular complexity index is 510. The highest BCUT2D eigenvalue weighted by Gasteiger charge is 2.32. The zero-order valence-electron chi connectivity index (χ0n) is 9.96. The highest BCUT2D eigenvalue weighted by Crippen LogP contribution is 2.30. The van der Waals surface area contributed by atoms with Crippen molar-refractivity contribution in [2.45, 2.75) is 23.6 Å². The van der Waals surface area contributed by atoms with Gasteiger partial charge in [-0.3, -0.25) is 9.48 Å². The highest BCUT2D eigenvalue weighted by atomic mass is 35.6. The number of carbonyl (C=O) groups is 1. The molecule has 0 saturated carbocycles. The third-order valence-corrected chi connectivity index (χ3v) is 2.75. The van der Waals surface area contributed by atoms with E-state index in [9.17, 15) is 4.79 Å². The molecule has 1 aromatic heterocycles. The minimum absolute atomic E-state index is 0.0792. The number of anilines is 1. The molecule has 0 bridgehead atoms. The van der Waals surface area contributed by atoms with Crippen LogP contribution in [0, 0.1) is 11.3 Å². The standard InChI is InChI=1S/C10H11Cl3N4O/c1-5(2)7-6(4-14)8(16-17(7)3)15-9(18)10(11,12)13/h5H,1-3H3,(H,15,16,18). The van der Waals surface area contributed by atoms with Gasteiger partial charge in [-0.2, -0.15) is 10.4 Å². The van der Waals surface area contributed by atoms with E-state index in [1.165, 1.54) is 4.68 Å². The number of alkyl halides is 3. The Morgan fingerprint density at radius 1 is 1.50 bits per heavy atom. The first kappa shape index (κ1) is 15.1. The summed E-state index contributed by atoms with van der Waals surface area (Å²) in [4.78, 5) is 11.5. The van der Waals surface area contributed by atoms with Gasteiger partial charge in [0.2, 0.25) is 0 Å². The van der Waals surface area contributed by atoms with Crippen molar-refractivity contribution in [2.75, 3.05) is 5.32 Å². The molecular formula is C10H11Cl3N4O. The first-order valence-corrected chi connectivity index (χ1v) is 6.17. The van der Waals surface area contributed by atoms with Gasteiger partial charge in [-0.1, -0.05) is 48.7 Å². The molecule has 1 rings (SSSR count). The zero-order chi connectivity index (χ0) is 14.1. The Balaban J connectivity index is 3.17. The molecule has 8 heteroatoms. The molecule has 1 amide bonds. The van der Waals surface area contributed by atoms with Crippen LogP contribution in [-0.2, 0) is 11.8 Å². The number of aromatic nitrogens is 2. The predicted molar refractivity (Wildman–Crippen MR) is 70.9 cm³/mol. The lowest BCUT2D eigenvalue weighted by Crippen LogP contribution is -2.27. The van der Waals surface area contributed by atoms with E-state index < -0.39 is 9.70 Å². The van der Waals surface area contributed by atoms with E-state index in [4.69, 9.17) is 40.1 Å². The van der Waals surface area contributed by atoms with Crippen LogP contribution in [0.15, 0.2) is 0 Å². The molecule has 0 aliphatic heterocycles.